The van der Waals surface area contributed by atoms with Crippen molar-refractivity contribution in [2.45, 2.75) is 19.5 Å². The number of carbonyl (C=O) groups excluding carboxylic acids is 1. The quantitative estimate of drug-likeness (QED) is 0.710. The molecule has 3 N–H and O–H groups in total. The number of carbonyl (C=O) groups is 1. The summed E-state index contributed by atoms with van der Waals surface area (Å²) >= 11 is 0. The number of nitrogens with zero attached hydrogens (tertiary/aromatic N) is 2. The van der Waals surface area contributed by atoms with Crippen LogP contribution in [0.5, 0.6) is 11.5 Å². The van der Waals surface area contributed by atoms with Gasteiger partial charge in [0.05, 0.1) is 12.6 Å². The van der Waals surface area contributed by atoms with Crippen molar-refractivity contribution in [3.8, 4) is 11.5 Å². The Labute approximate surface area is 155 Å². The van der Waals surface area contributed by atoms with Crippen molar-refractivity contribution < 1.29 is 27.4 Å². The Morgan fingerprint density at radius 3 is 2.81 bits per heavy atom. The first-order chi connectivity index (χ1) is 12.7. The fourth-order valence-electron chi connectivity index (χ4n) is 2.68. The van der Waals surface area contributed by atoms with E-state index in [1.54, 1.807) is 13.0 Å². The number of aromatic hydroxyl groups is 1. The van der Waals surface area contributed by atoms with Crippen molar-refractivity contribution in [2.24, 2.45) is 0 Å². The number of ether oxygens (including phenoxy) is 1. The lowest BCUT2D eigenvalue weighted by molar-refractivity contribution is 0.116. The number of hydrogen-bond acceptors (Lipinski definition) is 6. The monoisotopic (exact) mass is 396 g/mol. The second kappa shape index (κ2) is 7.00. The number of rotatable bonds is 5. The van der Waals surface area contributed by atoms with Crippen LogP contribution in [0.4, 0.5) is 15.0 Å². The SMILES string of the molecule is CNS(=O)(=O)Nc1nccc(CN2C(=O)Oc3cc(O)ccc3[C@@H]2C)c1F. The number of pyridine rings is 1. The third-order valence-corrected chi connectivity index (χ3v) is 5.16. The van der Waals surface area contributed by atoms with E-state index in [1.165, 1.54) is 36.3 Å². The average molecular weight is 396 g/mol. The summed E-state index contributed by atoms with van der Waals surface area (Å²) in [5.74, 6) is -1.18. The number of phenols is 1. The zero-order chi connectivity index (χ0) is 19.8. The van der Waals surface area contributed by atoms with Crippen molar-refractivity contribution in [1.29, 1.82) is 0 Å². The maximum absolute atomic E-state index is 14.7. The van der Waals surface area contributed by atoms with E-state index in [9.17, 15) is 22.7 Å². The van der Waals surface area contributed by atoms with Crippen molar-refractivity contribution in [3.63, 3.8) is 0 Å². The first kappa shape index (κ1) is 18.9. The Morgan fingerprint density at radius 1 is 1.37 bits per heavy atom. The van der Waals surface area contributed by atoms with Crippen LogP contribution in [0.3, 0.4) is 0 Å². The number of benzene rings is 1. The lowest BCUT2D eigenvalue weighted by Gasteiger charge is -2.34. The largest absolute Gasteiger partial charge is 0.508 e. The molecule has 2 aromatic rings. The highest BCUT2D eigenvalue weighted by molar-refractivity contribution is 7.90. The molecule has 1 aliphatic rings. The average Bonchev–Trinajstić information content (AvgIpc) is 2.61. The van der Waals surface area contributed by atoms with Gasteiger partial charge in [-0.3, -0.25) is 9.62 Å². The molecule has 0 aliphatic carbocycles. The summed E-state index contributed by atoms with van der Waals surface area (Å²) in [4.78, 5) is 17.3. The van der Waals surface area contributed by atoms with Crippen LogP contribution >= 0.6 is 0 Å². The van der Waals surface area contributed by atoms with Crippen LogP contribution in [0.2, 0.25) is 0 Å². The van der Waals surface area contributed by atoms with Gasteiger partial charge >= 0.3 is 6.09 Å². The molecule has 0 unspecified atom stereocenters. The summed E-state index contributed by atoms with van der Waals surface area (Å²) in [5.41, 5.74) is 0.711. The molecule has 0 spiro atoms. The molecule has 9 nitrogen and oxygen atoms in total. The predicted octanol–water partition coefficient (Wildman–Crippen LogP) is 1.88. The second-order valence-electron chi connectivity index (χ2n) is 5.84. The Morgan fingerprint density at radius 2 is 2.11 bits per heavy atom. The Kier molecular flexibility index (Phi) is 4.89. The van der Waals surface area contributed by atoms with Crippen molar-refractivity contribution in [1.82, 2.24) is 14.6 Å². The van der Waals surface area contributed by atoms with Gasteiger partial charge in [-0.25, -0.2) is 18.9 Å². The van der Waals surface area contributed by atoms with Gasteiger partial charge in [0.25, 0.3) is 10.2 Å². The molecule has 144 valence electrons. The van der Waals surface area contributed by atoms with E-state index in [0.717, 1.165) is 0 Å². The lowest BCUT2D eigenvalue weighted by atomic mass is 10.0. The molecule has 11 heteroatoms. The summed E-state index contributed by atoms with van der Waals surface area (Å²) in [6.07, 6.45) is 0.520. The van der Waals surface area contributed by atoms with E-state index >= 15 is 0 Å². The van der Waals surface area contributed by atoms with E-state index in [4.69, 9.17) is 4.74 Å². The molecule has 0 fully saturated rings. The van der Waals surface area contributed by atoms with Crippen molar-refractivity contribution in [3.05, 3.63) is 47.4 Å². The number of aromatic nitrogens is 1. The minimum absolute atomic E-state index is 0.0381. The highest BCUT2D eigenvalue weighted by Crippen LogP contribution is 2.37. The number of halogens is 1. The molecule has 0 radical (unpaired) electrons. The Bertz CT molecular complexity index is 998. The molecular formula is C16H17FN4O5S. The van der Waals surface area contributed by atoms with E-state index in [-0.39, 0.29) is 23.6 Å². The van der Waals surface area contributed by atoms with Gasteiger partial charge in [-0.1, -0.05) is 0 Å². The number of phenolic OH excluding ortho intramolecular Hbond substituents is 1. The van der Waals surface area contributed by atoms with Crippen molar-refractivity contribution >= 4 is 22.1 Å². The number of amides is 1. The maximum Gasteiger partial charge on any atom is 0.416 e. The molecule has 3 rings (SSSR count). The van der Waals surface area contributed by atoms with E-state index in [2.05, 4.69) is 4.98 Å². The van der Waals surface area contributed by atoms with Gasteiger partial charge in [0.15, 0.2) is 11.6 Å². The summed E-state index contributed by atoms with van der Waals surface area (Å²) < 4.78 is 47.0. The lowest BCUT2D eigenvalue weighted by Crippen LogP contribution is -2.39. The molecule has 27 heavy (non-hydrogen) atoms. The number of fused-ring (bicyclic) bond motifs is 1. The molecule has 2 heterocycles. The zero-order valence-electron chi connectivity index (χ0n) is 14.4. The smallest absolute Gasteiger partial charge is 0.416 e. The van der Waals surface area contributed by atoms with Crippen LogP contribution in [0.1, 0.15) is 24.1 Å². The van der Waals surface area contributed by atoms with Crippen LogP contribution < -0.4 is 14.2 Å². The molecule has 1 atom stereocenters. The molecule has 1 amide bonds. The highest BCUT2D eigenvalue weighted by atomic mass is 32.2. The molecule has 0 saturated carbocycles. The van der Waals surface area contributed by atoms with Crippen LogP contribution in [0.15, 0.2) is 30.5 Å². The van der Waals surface area contributed by atoms with Gasteiger partial charge in [-0.05, 0) is 25.1 Å². The third kappa shape index (κ3) is 3.78. The van der Waals surface area contributed by atoms with Crippen molar-refractivity contribution in [2.75, 3.05) is 11.8 Å². The normalized spacial score (nSPS) is 16.6. The minimum Gasteiger partial charge on any atom is -0.508 e. The first-order valence-electron chi connectivity index (χ1n) is 7.88. The first-order valence-corrected chi connectivity index (χ1v) is 9.36. The number of anilines is 1. The molecule has 1 aromatic heterocycles. The third-order valence-electron chi connectivity index (χ3n) is 4.16. The molecule has 0 bridgehead atoms. The van der Waals surface area contributed by atoms with E-state index in [1.807, 2.05) is 9.44 Å². The second-order valence-corrected chi connectivity index (χ2v) is 7.46. The molecule has 1 aromatic carbocycles. The minimum atomic E-state index is -3.94. The van der Waals surface area contributed by atoms with Crippen LogP contribution in [0, 0.1) is 5.82 Å². The van der Waals surface area contributed by atoms with Gasteiger partial charge in [0, 0.05) is 30.4 Å². The Hall–Kier alpha value is -2.92. The van der Waals surface area contributed by atoms with Gasteiger partial charge in [-0.2, -0.15) is 8.42 Å². The molecule has 1 aliphatic heterocycles. The number of hydrogen-bond donors (Lipinski definition) is 3. The fraction of sp³-hybridized carbons (Fsp3) is 0.250. The van der Waals surface area contributed by atoms with Gasteiger partial charge < -0.3 is 9.84 Å². The summed E-state index contributed by atoms with van der Waals surface area (Å²) in [7, 11) is -2.77. The summed E-state index contributed by atoms with van der Waals surface area (Å²) in [6.45, 7) is 1.57. The van der Waals surface area contributed by atoms with Crippen LogP contribution in [-0.2, 0) is 16.8 Å². The highest BCUT2D eigenvalue weighted by Gasteiger charge is 2.32. The number of nitrogens with one attached hydrogen (secondary N) is 2. The fourth-order valence-corrected chi connectivity index (χ4v) is 3.17. The van der Waals surface area contributed by atoms with Gasteiger partial charge in [-0.15, -0.1) is 0 Å². The molecular weight excluding hydrogens is 379 g/mol. The van der Waals surface area contributed by atoms with Gasteiger partial charge in [0.1, 0.15) is 11.5 Å². The van der Waals surface area contributed by atoms with Crippen LogP contribution in [-0.4, -0.2) is 36.5 Å². The predicted molar refractivity (Wildman–Crippen MR) is 93.9 cm³/mol. The van der Waals surface area contributed by atoms with E-state index in [0.29, 0.717) is 5.56 Å². The van der Waals surface area contributed by atoms with Gasteiger partial charge in [0.2, 0.25) is 0 Å². The maximum atomic E-state index is 14.7. The van der Waals surface area contributed by atoms with Crippen LogP contribution in [0.25, 0.3) is 0 Å². The molecule has 0 saturated heterocycles. The topological polar surface area (TPSA) is 121 Å². The Balaban J connectivity index is 1.89. The summed E-state index contributed by atoms with van der Waals surface area (Å²) in [6, 6.07) is 5.30. The zero-order valence-corrected chi connectivity index (χ0v) is 15.2. The standard InChI is InChI=1S/C16H17FN4O5S/c1-9-12-4-3-11(22)7-13(12)26-16(23)21(9)8-10-5-6-19-15(14(10)17)20-27(24,25)18-2/h3-7,9,18,22H,8H2,1-2H3,(H,19,20)/t9-/m0/s1. The summed E-state index contributed by atoms with van der Waals surface area (Å²) in [5, 5.41) is 9.52. The van der Waals surface area contributed by atoms with E-state index < -0.39 is 34.0 Å².